The van der Waals surface area contributed by atoms with Gasteiger partial charge in [-0.15, -0.1) is 0 Å². The molecule has 3 nitrogen and oxygen atoms in total. The monoisotopic (exact) mass is 212 g/mol. The molecular formula is C11H17FN2O. The van der Waals surface area contributed by atoms with Crippen LogP contribution in [0, 0.1) is 5.82 Å². The minimum absolute atomic E-state index is 0.0542. The molecule has 1 aromatic rings. The molecule has 0 aliphatic carbocycles. The van der Waals surface area contributed by atoms with Gasteiger partial charge >= 0.3 is 0 Å². The Labute approximate surface area is 89.4 Å². The molecule has 84 valence electrons. The van der Waals surface area contributed by atoms with Gasteiger partial charge in [0.15, 0.2) is 0 Å². The first-order valence-electron chi connectivity index (χ1n) is 4.92. The van der Waals surface area contributed by atoms with Gasteiger partial charge in [-0.25, -0.2) is 4.39 Å². The Kier molecular flexibility index (Phi) is 4.52. The van der Waals surface area contributed by atoms with Crippen molar-refractivity contribution in [2.24, 2.45) is 5.73 Å². The van der Waals surface area contributed by atoms with Crippen LogP contribution in [0.3, 0.4) is 0 Å². The minimum atomic E-state index is -0.277. The van der Waals surface area contributed by atoms with Crippen molar-refractivity contribution < 1.29 is 9.13 Å². The van der Waals surface area contributed by atoms with Gasteiger partial charge in [-0.2, -0.15) is 0 Å². The molecule has 15 heavy (non-hydrogen) atoms. The number of hydrogen-bond acceptors (Lipinski definition) is 3. The zero-order valence-electron chi connectivity index (χ0n) is 9.09. The molecule has 0 aliphatic heterocycles. The Balaban J connectivity index is 2.62. The van der Waals surface area contributed by atoms with Crippen LogP contribution in [-0.2, 0) is 11.3 Å². The number of nitrogens with one attached hydrogen (secondary N) is 1. The van der Waals surface area contributed by atoms with E-state index in [0.29, 0.717) is 18.8 Å². The van der Waals surface area contributed by atoms with Crippen molar-refractivity contribution in [1.29, 1.82) is 0 Å². The van der Waals surface area contributed by atoms with Crippen LogP contribution in [0.4, 0.5) is 10.1 Å². The fourth-order valence-electron chi connectivity index (χ4n) is 1.17. The maximum Gasteiger partial charge on any atom is 0.146 e. The normalized spacial score (nSPS) is 12.5. The summed E-state index contributed by atoms with van der Waals surface area (Å²) in [5, 5.41) is 2.97. The van der Waals surface area contributed by atoms with Crippen molar-refractivity contribution in [2.45, 2.75) is 19.6 Å². The summed E-state index contributed by atoms with van der Waals surface area (Å²) >= 11 is 0. The van der Waals surface area contributed by atoms with Gasteiger partial charge in [-0.1, -0.05) is 6.07 Å². The topological polar surface area (TPSA) is 47.3 Å². The van der Waals surface area contributed by atoms with Gasteiger partial charge in [0.25, 0.3) is 0 Å². The van der Waals surface area contributed by atoms with Crippen molar-refractivity contribution >= 4 is 5.69 Å². The zero-order chi connectivity index (χ0) is 11.3. The largest absolute Gasteiger partial charge is 0.380 e. The van der Waals surface area contributed by atoms with Gasteiger partial charge in [0, 0.05) is 20.2 Å². The Morgan fingerprint density at radius 3 is 2.80 bits per heavy atom. The Morgan fingerprint density at radius 2 is 2.27 bits per heavy atom. The third-order valence-corrected chi connectivity index (χ3v) is 2.25. The first-order valence-corrected chi connectivity index (χ1v) is 4.92. The molecule has 0 saturated carbocycles. The Hall–Kier alpha value is -1.13. The van der Waals surface area contributed by atoms with Gasteiger partial charge in [-0.05, 0) is 24.6 Å². The summed E-state index contributed by atoms with van der Waals surface area (Å²) in [6.45, 7) is 2.85. The third kappa shape index (κ3) is 3.49. The van der Waals surface area contributed by atoms with Crippen LogP contribution in [0.5, 0.6) is 0 Å². The van der Waals surface area contributed by atoms with Crippen molar-refractivity contribution in [2.75, 3.05) is 19.0 Å². The maximum absolute atomic E-state index is 13.4. The van der Waals surface area contributed by atoms with Crippen molar-refractivity contribution in [3.05, 3.63) is 29.6 Å². The number of halogens is 1. The van der Waals surface area contributed by atoms with E-state index in [1.807, 2.05) is 13.0 Å². The molecule has 1 unspecified atom stereocenters. The minimum Gasteiger partial charge on any atom is -0.380 e. The van der Waals surface area contributed by atoms with Crippen molar-refractivity contribution in [1.82, 2.24) is 0 Å². The summed E-state index contributed by atoms with van der Waals surface area (Å²) in [5.41, 5.74) is 6.68. The fourth-order valence-corrected chi connectivity index (χ4v) is 1.17. The molecule has 0 bridgehead atoms. The highest BCUT2D eigenvalue weighted by Crippen LogP contribution is 2.15. The lowest BCUT2D eigenvalue weighted by atomic mass is 10.2. The average Bonchev–Trinajstić information content (AvgIpc) is 2.26. The fraction of sp³-hybridized carbons (Fsp3) is 0.455. The number of methoxy groups -OCH3 is 1. The first-order chi connectivity index (χ1) is 7.17. The van der Waals surface area contributed by atoms with Crippen LogP contribution >= 0.6 is 0 Å². The van der Waals surface area contributed by atoms with E-state index in [9.17, 15) is 4.39 Å². The molecular weight excluding hydrogens is 195 g/mol. The van der Waals surface area contributed by atoms with Crippen LogP contribution in [0.1, 0.15) is 12.5 Å². The summed E-state index contributed by atoms with van der Waals surface area (Å²) in [6.07, 6.45) is 0.0542. The van der Waals surface area contributed by atoms with E-state index in [4.69, 9.17) is 10.5 Å². The molecule has 0 aromatic heterocycles. The number of benzene rings is 1. The molecule has 0 amide bonds. The SMILES string of the molecule is COC(C)CNc1ccc(CN)cc1F. The van der Waals surface area contributed by atoms with Crippen LogP contribution in [0.2, 0.25) is 0 Å². The summed E-state index contributed by atoms with van der Waals surface area (Å²) in [6, 6.07) is 4.95. The number of hydrogen-bond donors (Lipinski definition) is 2. The van der Waals surface area contributed by atoms with E-state index in [-0.39, 0.29) is 11.9 Å². The number of nitrogens with two attached hydrogens (primary N) is 1. The van der Waals surface area contributed by atoms with Gasteiger partial charge < -0.3 is 15.8 Å². The van der Waals surface area contributed by atoms with E-state index in [0.717, 1.165) is 5.56 Å². The Bertz CT molecular complexity index is 317. The standard InChI is InChI=1S/C11H17FN2O/c1-8(15-2)7-14-11-4-3-9(6-13)5-10(11)12/h3-5,8,14H,6-7,13H2,1-2H3. The molecule has 0 heterocycles. The van der Waals surface area contributed by atoms with E-state index >= 15 is 0 Å². The molecule has 0 saturated heterocycles. The molecule has 3 N–H and O–H groups in total. The number of rotatable bonds is 5. The Morgan fingerprint density at radius 1 is 1.53 bits per heavy atom. The highest BCUT2D eigenvalue weighted by molar-refractivity contribution is 5.46. The van der Waals surface area contributed by atoms with Gasteiger partial charge in [0.1, 0.15) is 5.82 Å². The lowest BCUT2D eigenvalue weighted by Crippen LogP contribution is -2.18. The first kappa shape index (κ1) is 11.9. The van der Waals surface area contributed by atoms with Gasteiger partial charge in [-0.3, -0.25) is 0 Å². The van der Waals surface area contributed by atoms with Crippen LogP contribution in [0.25, 0.3) is 0 Å². The second kappa shape index (κ2) is 5.68. The molecule has 0 fully saturated rings. The number of anilines is 1. The molecule has 0 aliphatic rings. The highest BCUT2D eigenvalue weighted by atomic mass is 19.1. The molecule has 1 atom stereocenters. The molecule has 0 radical (unpaired) electrons. The second-order valence-electron chi connectivity index (χ2n) is 3.45. The predicted octanol–water partition coefficient (Wildman–Crippen LogP) is 1.73. The summed E-state index contributed by atoms with van der Waals surface area (Å²) < 4.78 is 18.5. The second-order valence-corrected chi connectivity index (χ2v) is 3.45. The molecule has 0 spiro atoms. The van der Waals surface area contributed by atoms with Gasteiger partial charge in [0.2, 0.25) is 0 Å². The summed E-state index contributed by atoms with van der Waals surface area (Å²) in [4.78, 5) is 0. The maximum atomic E-state index is 13.4. The smallest absolute Gasteiger partial charge is 0.146 e. The lowest BCUT2D eigenvalue weighted by Gasteiger charge is -2.12. The van der Waals surface area contributed by atoms with E-state index in [1.165, 1.54) is 6.07 Å². The van der Waals surface area contributed by atoms with Crippen molar-refractivity contribution in [3.63, 3.8) is 0 Å². The number of ether oxygens (including phenoxy) is 1. The molecule has 4 heteroatoms. The quantitative estimate of drug-likeness (QED) is 0.781. The zero-order valence-corrected chi connectivity index (χ0v) is 9.09. The third-order valence-electron chi connectivity index (χ3n) is 2.25. The lowest BCUT2D eigenvalue weighted by molar-refractivity contribution is 0.128. The summed E-state index contributed by atoms with van der Waals surface area (Å²) in [7, 11) is 1.63. The van der Waals surface area contributed by atoms with Crippen molar-refractivity contribution in [3.8, 4) is 0 Å². The van der Waals surface area contributed by atoms with Crippen LogP contribution in [-0.4, -0.2) is 19.8 Å². The highest BCUT2D eigenvalue weighted by Gasteiger charge is 2.04. The van der Waals surface area contributed by atoms with Gasteiger partial charge in [0.05, 0.1) is 11.8 Å². The average molecular weight is 212 g/mol. The van der Waals surface area contributed by atoms with E-state index in [1.54, 1.807) is 13.2 Å². The molecule has 1 rings (SSSR count). The summed E-state index contributed by atoms with van der Waals surface area (Å²) in [5.74, 6) is -0.277. The van der Waals surface area contributed by atoms with E-state index in [2.05, 4.69) is 5.32 Å². The van der Waals surface area contributed by atoms with Crippen LogP contribution in [0.15, 0.2) is 18.2 Å². The van der Waals surface area contributed by atoms with Crippen LogP contribution < -0.4 is 11.1 Å². The molecule has 1 aromatic carbocycles. The van der Waals surface area contributed by atoms with E-state index < -0.39 is 0 Å². The predicted molar refractivity (Wildman–Crippen MR) is 59.3 cm³/mol.